The Hall–Kier alpha value is -0.830. The first kappa shape index (κ1) is 13.2. The van der Waals surface area contributed by atoms with Gasteiger partial charge in [0.1, 0.15) is 0 Å². The van der Waals surface area contributed by atoms with Crippen LogP contribution in [-0.4, -0.2) is 22.9 Å². The van der Waals surface area contributed by atoms with Gasteiger partial charge < -0.3 is 5.32 Å². The van der Waals surface area contributed by atoms with Gasteiger partial charge in [0.25, 0.3) is 0 Å². The summed E-state index contributed by atoms with van der Waals surface area (Å²) >= 11 is 0. The van der Waals surface area contributed by atoms with Gasteiger partial charge in [0, 0.05) is 13.2 Å². The summed E-state index contributed by atoms with van der Waals surface area (Å²) in [6, 6.07) is 0. The molecule has 0 amide bonds. The average molecular weight is 223 g/mol. The van der Waals surface area contributed by atoms with Crippen LogP contribution in [0.1, 0.15) is 38.7 Å². The molecule has 1 aromatic heterocycles. The van der Waals surface area contributed by atoms with E-state index in [4.69, 9.17) is 0 Å². The van der Waals surface area contributed by atoms with E-state index in [-0.39, 0.29) is 0 Å². The Labute approximate surface area is 99.2 Å². The summed E-state index contributed by atoms with van der Waals surface area (Å²) in [5, 5.41) is 7.70. The summed E-state index contributed by atoms with van der Waals surface area (Å²) in [5.41, 5.74) is 1.36. The van der Waals surface area contributed by atoms with Crippen LogP contribution < -0.4 is 5.32 Å². The second kappa shape index (κ2) is 7.44. The quantitative estimate of drug-likeness (QED) is 0.686. The number of aryl methyl sites for hydroxylation is 2. The van der Waals surface area contributed by atoms with E-state index in [0.717, 1.165) is 25.4 Å². The van der Waals surface area contributed by atoms with Crippen molar-refractivity contribution >= 4 is 0 Å². The lowest BCUT2D eigenvalue weighted by Gasteiger charge is -2.14. The highest BCUT2D eigenvalue weighted by molar-refractivity contribution is 5.03. The van der Waals surface area contributed by atoms with E-state index >= 15 is 0 Å². The van der Waals surface area contributed by atoms with Gasteiger partial charge in [0.2, 0.25) is 0 Å². The summed E-state index contributed by atoms with van der Waals surface area (Å²) in [5.74, 6) is 0.798. The zero-order valence-corrected chi connectivity index (χ0v) is 10.9. The smallest absolute Gasteiger partial charge is 0.0521 e. The molecule has 0 bridgehead atoms. The van der Waals surface area contributed by atoms with E-state index in [0.29, 0.717) is 0 Å². The zero-order valence-electron chi connectivity index (χ0n) is 10.9. The number of hydrogen-bond acceptors (Lipinski definition) is 2. The van der Waals surface area contributed by atoms with Gasteiger partial charge in [-0.3, -0.25) is 4.68 Å². The molecule has 3 heteroatoms. The number of nitrogens with zero attached hydrogens (tertiary/aromatic N) is 2. The van der Waals surface area contributed by atoms with Gasteiger partial charge >= 0.3 is 0 Å². The molecule has 1 heterocycles. The minimum Gasteiger partial charge on any atom is -0.316 e. The Morgan fingerprint density at radius 1 is 1.44 bits per heavy atom. The highest BCUT2D eigenvalue weighted by Gasteiger charge is 2.06. The molecule has 0 aliphatic carbocycles. The number of rotatable bonds is 8. The van der Waals surface area contributed by atoms with Crippen LogP contribution in [0.4, 0.5) is 0 Å². The van der Waals surface area contributed by atoms with E-state index in [2.05, 4.69) is 30.5 Å². The molecule has 1 aromatic rings. The first-order chi connectivity index (χ1) is 7.76. The van der Waals surface area contributed by atoms with Crippen molar-refractivity contribution in [3.05, 3.63) is 18.0 Å². The average Bonchev–Trinajstić information content (AvgIpc) is 2.69. The molecule has 1 unspecified atom stereocenters. The van der Waals surface area contributed by atoms with Crippen molar-refractivity contribution in [1.29, 1.82) is 0 Å². The molecule has 1 rings (SSSR count). The maximum Gasteiger partial charge on any atom is 0.0521 e. The van der Waals surface area contributed by atoms with Crippen LogP contribution in [-0.2, 0) is 13.5 Å². The van der Waals surface area contributed by atoms with Crippen LogP contribution in [0.2, 0.25) is 0 Å². The molecular weight excluding hydrogens is 198 g/mol. The van der Waals surface area contributed by atoms with Gasteiger partial charge in [0.15, 0.2) is 0 Å². The van der Waals surface area contributed by atoms with Crippen molar-refractivity contribution < 1.29 is 0 Å². The van der Waals surface area contributed by atoms with Gasteiger partial charge in [-0.1, -0.05) is 20.3 Å². The molecule has 3 nitrogen and oxygen atoms in total. The highest BCUT2D eigenvalue weighted by Crippen LogP contribution is 2.11. The molecule has 1 atom stereocenters. The second-order valence-corrected chi connectivity index (χ2v) is 4.54. The Morgan fingerprint density at radius 2 is 2.25 bits per heavy atom. The van der Waals surface area contributed by atoms with E-state index in [1.54, 1.807) is 0 Å². The first-order valence-corrected chi connectivity index (χ1v) is 6.44. The third-order valence-corrected chi connectivity index (χ3v) is 3.04. The third kappa shape index (κ3) is 4.79. The molecule has 16 heavy (non-hydrogen) atoms. The molecule has 1 N–H and O–H groups in total. The molecule has 0 saturated heterocycles. The van der Waals surface area contributed by atoms with Crippen LogP contribution in [0.15, 0.2) is 12.4 Å². The van der Waals surface area contributed by atoms with Gasteiger partial charge in [-0.15, -0.1) is 0 Å². The molecule has 92 valence electrons. The fourth-order valence-electron chi connectivity index (χ4n) is 1.91. The molecule has 0 aliphatic heterocycles. The van der Waals surface area contributed by atoms with Gasteiger partial charge in [-0.25, -0.2) is 0 Å². The summed E-state index contributed by atoms with van der Waals surface area (Å²) < 4.78 is 1.88. The number of aromatic nitrogens is 2. The Kier molecular flexibility index (Phi) is 6.16. The molecule has 0 aliphatic rings. The summed E-state index contributed by atoms with van der Waals surface area (Å²) in [7, 11) is 1.98. The molecule has 0 saturated carbocycles. The maximum absolute atomic E-state index is 4.20. The normalized spacial score (nSPS) is 12.9. The number of nitrogens with one attached hydrogen (secondary N) is 1. The van der Waals surface area contributed by atoms with E-state index in [1.807, 2.05) is 17.9 Å². The predicted molar refractivity (Wildman–Crippen MR) is 68.5 cm³/mol. The Morgan fingerprint density at radius 3 is 2.81 bits per heavy atom. The summed E-state index contributed by atoms with van der Waals surface area (Å²) in [6.45, 7) is 6.79. The largest absolute Gasteiger partial charge is 0.316 e. The van der Waals surface area contributed by atoms with E-state index in [9.17, 15) is 0 Å². The Bertz CT molecular complexity index is 280. The van der Waals surface area contributed by atoms with Gasteiger partial charge in [-0.05, 0) is 43.8 Å². The molecular formula is C13H25N3. The van der Waals surface area contributed by atoms with Crippen molar-refractivity contribution in [2.75, 3.05) is 13.1 Å². The monoisotopic (exact) mass is 223 g/mol. The summed E-state index contributed by atoms with van der Waals surface area (Å²) in [6.07, 6.45) is 8.99. The zero-order chi connectivity index (χ0) is 11.8. The highest BCUT2D eigenvalue weighted by atomic mass is 15.2. The third-order valence-electron chi connectivity index (χ3n) is 3.04. The lowest BCUT2D eigenvalue weighted by Crippen LogP contribution is -2.23. The topological polar surface area (TPSA) is 29.9 Å². The fourth-order valence-corrected chi connectivity index (χ4v) is 1.91. The maximum atomic E-state index is 4.20. The van der Waals surface area contributed by atoms with E-state index < -0.39 is 0 Å². The second-order valence-electron chi connectivity index (χ2n) is 4.54. The van der Waals surface area contributed by atoms with E-state index in [1.165, 1.54) is 24.8 Å². The molecule has 0 fully saturated rings. The molecule has 0 aromatic carbocycles. The Balaban J connectivity index is 2.22. The molecule has 0 radical (unpaired) electrons. The van der Waals surface area contributed by atoms with Crippen LogP contribution in [0.3, 0.4) is 0 Å². The van der Waals surface area contributed by atoms with Gasteiger partial charge in [0.05, 0.1) is 6.20 Å². The first-order valence-electron chi connectivity index (χ1n) is 6.44. The fraction of sp³-hybridized carbons (Fsp3) is 0.769. The summed E-state index contributed by atoms with van der Waals surface area (Å²) in [4.78, 5) is 0. The van der Waals surface area contributed by atoms with Gasteiger partial charge in [-0.2, -0.15) is 5.10 Å². The lowest BCUT2D eigenvalue weighted by molar-refractivity contribution is 0.434. The lowest BCUT2D eigenvalue weighted by atomic mass is 9.98. The SMILES string of the molecule is CCCNCC(CC)CCc1cnn(C)c1. The predicted octanol–water partition coefficient (Wildman–Crippen LogP) is 2.38. The van der Waals surface area contributed by atoms with Crippen molar-refractivity contribution in [3.8, 4) is 0 Å². The van der Waals surface area contributed by atoms with Crippen molar-refractivity contribution in [1.82, 2.24) is 15.1 Å². The van der Waals surface area contributed by atoms with Crippen molar-refractivity contribution in [3.63, 3.8) is 0 Å². The number of hydrogen-bond donors (Lipinski definition) is 1. The molecule has 0 spiro atoms. The van der Waals surface area contributed by atoms with Crippen molar-refractivity contribution in [2.45, 2.75) is 39.5 Å². The van der Waals surface area contributed by atoms with Crippen LogP contribution >= 0.6 is 0 Å². The van der Waals surface area contributed by atoms with Crippen molar-refractivity contribution in [2.24, 2.45) is 13.0 Å². The minimum atomic E-state index is 0.798. The van der Waals surface area contributed by atoms with Crippen LogP contribution in [0, 0.1) is 5.92 Å². The standard InChI is InChI=1S/C13H25N3/c1-4-8-14-9-12(5-2)6-7-13-10-15-16(3)11-13/h10-12,14H,4-9H2,1-3H3. The van der Waals surface area contributed by atoms with Crippen LogP contribution in [0.25, 0.3) is 0 Å². The minimum absolute atomic E-state index is 0.798. The van der Waals surface area contributed by atoms with Crippen LogP contribution in [0.5, 0.6) is 0 Å².